The molecule has 12 heteroatoms. The molecule has 34 heavy (non-hydrogen) atoms. The van der Waals surface area contributed by atoms with Gasteiger partial charge in [0.25, 0.3) is 5.56 Å². The summed E-state index contributed by atoms with van der Waals surface area (Å²) in [7, 11) is 0. The average molecular weight is 493 g/mol. The van der Waals surface area contributed by atoms with Gasteiger partial charge in [-0.25, -0.2) is 9.97 Å². The molecule has 2 saturated heterocycles. The molecule has 3 aromatic rings. The number of carbonyl (C=O) groups excluding carboxylic acids is 1. The molecule has 180 valence electrons. The Morgan fingerprint density at radius 1 is 1.21 bits per heavy atom. The number of nitrogens with one attached hydrogen (secondary N) is 2. The summed E-state index contributed by atoms with van der Waals surface area (Å²) in [6, 6.07) is 8.36. The van der Waals surface area contributed by atoms with E-state index in [1.165, 1.54) is 0 Å². The number of halogens is 3. The molecule has 8 nitrogen and oxygen atoms in total. The number of alkyl halides is 3. The molecule has 2 aromatic heterocycles. The first-order valence-corrected chi connectivity index (χ1v) is 11.9. The molecule has 2 fully saturated rings. The minimum Gasteiger partial charge on any atom is -0.350 e. The second-order valence-corrected chi connectivity index (χ2v) is 9.42. The van der Waals surface area contributed by atoms with E-state index in [4.69, 9.17) is 0 Å². The molecule has 2 atom stereocenters. The number of aromatic nitrogens is 3. The third-order valence-electron chi connectivity index (χ3n) is 6.22. The minimum absolute atomic E-state index is 0.0649. The van der Waals surface area contributed by atoms with Gasteiger partial charge in [0.05, 0.1) is 6.04 Å². The van der Waals surface area contributed by atoms with Crippen LogP contribution in [0.25, 0.3) is 10.3 Å². The summed E-state index contributed by atoms with van der Waals surface area (Å²) in [6.45, 7) is 1.70. The maximum Gasteiger partial charge on any atom is 0.449 e. The molecule has 1 unspecified atom stereocenters. The third kappa shape index (κ3) is 4.27. The average Bonchev–Trinajstić information content (AvgIpc) is 3.57. The summed E-state index contributed by atoms with van der Waals surface area (Å²) in [6.07, 6.45) is -3.04. The van der Waals surface area contributed by atoms with Crippen molar-refractivity contribution in [2.45, 2.75) is 44.1 Å². The molecule has 0 bridgehead atoms. The predicted molar refractivity (Wildman–Crippen MR) is 122 cm³/mol. The van der Waals surface area contributed by atoms with Gasteiger partial charge in [0.1, 0.15) is 6.04 Å². The Bertz CT molecular complexity index is 1250. The zero-order valence-electron chi connectivity index (χ0n) is 18.1. The van der Waals surface area contributed by atoms with Crippen LogP contribution in [0.1, 0.15) is 36.7 Å². The van der Waals surface area contributed by atoms with E-state index in [9.17, 15) is 22.8 Å². The van der Waals surface area contributed by atoms with Gasteiger partial charge in [-0.3, -0.25) is 14.2 Å². The van der Waals surface area contributed by atoms with Crippen molar-refractivity contribution in [1.82, 2.24) is 25.2 Å². The maximum absolute atomic E-state index is 13.8. The molecule has 5 rings (SSSR count). The molecule has 0 spiro atoms. The molecule has 2 N–H and O–H groups in total. The number of nitrogens with zero attached hydrogens (tertiary/aromatic N) is 4. The Labute approximate surface area is 196 Å². The van der Waals surface area contributed by atoms with Crippen molar-refractivity contribution in [2.24, 2.45) is 0 Å². The lowest BCUT2D eigenvalue weighted by Gasteiger charge is -2.23. The Hall–Kier alpha value is -2.99. The van der Waals surface area contributed by atoms with Gasteiger partial charge in [-0.05, 0) is 31.4 Å². The van der Waals surface area contributed by atoms with Crippen LogP contribution in [0.2, 0.25) is 0 Å². The molecule has 4 heterocycles. The summed E-state index contributed by atoms with van der Waals surface area (Å²) in [5.41, 5.74) is 0.0827. The van der Waals surface area contributed by atoms with E-state index < -0.39 is 29.6 Å². The minimum atomic E-state index is -4.77. The first kappa shape index (κ1) is 22.8. The summed E-state index contributed by atoms with van der Waals surface area (Å²) in [4.78, 5) is 35.9. The van der Waals surface area contributed by atoms with E-state index in [1.54, 1.807) is 4.90 Å². The molecule has 0 aliphatic carbocycles. The van der Waals surface area contributed by atoms with Crippen molar-refractivity contribution < 1.29 is 18.0 Å². The van der Waals surface area contributed by atoms with Crippen LogP contribution in [0.5, 0.6) is 0 Å². The SMILES string of the molecule is O=C(NCc1ccccc1)C1CCCN1c1nc2c(=O)n([C@@H]3CCNC3)c(C(F)(F)F)nc2s1. The first-order chi connectivity index (χ1) is 16.3. The molecule has 0 saturated carbocycles. The van der Waals surface area contributed by atoms with Crippen LogP contribution in [0.4, 0.5) is 18.3 Å². The van der Waals surface area contributed by atoms with Gasteiger partial charge < -0.3 is 15.5 Å². The molecule has 0 radical (unpaired) electrons. The number of carbonyl (C=O) groups is 1. The standard InChI is InChI=1S/C22H23F3N6O2S/c23-22(24,25)20-29-18-16(19(33)31(20)14-8-9-26-12-14)28-21(34-18)30-10-4-7-15(30)17(32)27-11-13-5-2-1-3-6-13/h1-3,5-6,14-15,26H,4,7-12H2,(H,27,32)/t14-,15?/m1/s1. The fraction of sp³-hybridized carbons (Fsp3) is 0.455. The number of benzene rings is 1. The summed E-state index contributed by atoms with van der Waals surface area (Å²) < 4.78 is 42.1. The smallest absolute Gasteiger partial charge is 0.350 e. The van der Waals surface area contributed by atoms with E-state index in [0.717, 1.165) is 27.9 Å². The van der Waals surface area contributed by atoms with Crippen molar-refractivity contribution in [3.05, 3.63) is 52.1 Å². The molecule has 2 aliphatic heterocycles. The first-order valence-electron chi connectivity index (χ1n) is 11.1. The Kier molecular flexibility index (Phi) is 6.02. The zero-order valence-corrected chi connectivity index (χ0v) is 19.0. The van der Waals surface area contributed by atoms with Gasteiger partial charge in [-0.15, -0.1) is 0 Å². The third-order valence-corrected chi connectivity index (χ3v) is 7.21. The molecule has 1 amide bonds. The zero-order chi connectivity index (χ0) is 23.9. The highest BCUT2D eigenvalue weighted by molar-refractivity contribution is 7.21. The van der Waals surface area contributed by atoms with Crippen molar-refractivity contribution in [2.75, 3.05) is 24.5 Å². The summed E-state index contributed by atoms with van der Waals surface area (Å²) in [5, 5.41) is 6.25. The fourth-order valence-corrected chi connectivity index (χ4v) is 5.58. The quantitative estimate of drug-likeness (QED) is 0.569. The largest absolute Gasteiger partial charge is 0.449 e. The van der Waals surface area contributed by atoms with Crippen molar-refractivity contribution in [3.63, 3.8) is 0 Å². The lowest BCUT2D eigenvalue weighted by atomic mass is 10.2. The molecular weight excluding hydrogens is 469 g/mol. The second-order valence-electron chi connectivity index (χ2n) is 8.46. The topological polar surface area (TPSA) is 92.2 Å². The maximum atomic E-state index is 13.8. The number of fused-ring (bicyclic) bond motifs is 1. The lowest BCUT2D eigenvalue weighted by Crippen LogP contribution is -2.43. The molecular formula is C22H23F3N6O2S. The van der Waals surface area contributed by atoms with Crippen LogP contribution in [-0.2, 0) is 17.5 Å². The fourth-order valence-electron chi connectivity index (χ4n) is 4.57. The normalized spacial score (nSPS) is 20.9. The van der Waals surface area contributed by atoms with E-state index in [2.05, 4.69) is 20.6 Å². The van der Waals surface area contributed by atoms with Gasteiger partial charge in [-0.1, -0.05) is 41.7 Å². The second kappa shape index (κ2) is 8.99. The number of hydrogen-bond donors (Lipinski definition) is 2. The molecule has 2 aliphatic rings. The van der Waals surface area contributed by atoms with E-state index in [0.29, 0.717) is 37.6 Å². The Balaban J connectivity index is 1.46. The van der Waals surface area contributed by atoms with E-state index in [1.807, 2.05) is 30.3 Å². The van der Waals surface area contributed by atoms with Crippen LogP contribution >= 0.6 is 11.3 Å². The summed E-state index contributed by atoms with van der Waals surface area (Å²) in [5.74, 6) is -1.38. The van der Waals surface area contributed by atoms with Gasteiger partial charge in [0.2, 0.25) is 11.7 Å². The number of anilines is 1. The van der Waals surface area contributed by atoms with Crippen molar-refractivity contribution in [1.29, 1.82) is 0 Å². The summed E-state index contributed by atoms with van der Waals surface area (Å²) >= 11 is 0.921. The highest BCUT2D eigenvalue weighted by Crippen LogP contribution is 2.35. The predicted octanol–water partition coefficient (Wildman–Crippen LogP) is 2.69. The Morgan fingerprint density at radius 3 is 2.71 bits per heavy atom. The van der Waals surface area contributed by atoms with Crippen LogP contribution in [-0.4, -0.2) is 46.1 Å². The highest BCUT2D eigenvalue weighted by atomic mass is 32.1. The van der Waals surface area contributed by atoms with Gasteiger partial charge in [0, 0.05) is 19.6 Å². The Morgan fingerprint density at radius 2 is 2.00 bits per heavy atom. The van der Waals surface area contributed by atoms with Crippen LogP contribution in [0.3, 0.4) is 0 Å². The van der Waals surface area contributed by atoms with E-state index in [-0.39, 0.29) is 22.8 Å². The van der Waals surface area contributed by atoms with Gasteiger partial charge in [-0.2, -0.15) is 13.2 Å². The van der Waals surface area contributed by atoms with Crippen molar-refractivity contribution in [3.8, 4) is 0 Å². The van der Waals surface area contributed by atoms with Crippen molar-refractivity contribution >= 4 is 32.7 Å². The monoisotopic (exact) mass is 492 g/mol. The van der Waals surface area contributed by atoms with Crippen LogP contribution in [0.15, 0.2) is 35.1 Å². The number of hydrogen-bond acceptors (Lipinski definition) is 7. The van der Waals surface area contributed by atoms with Crippen LogP contribution < -0.4 is 21.1 Å². The lowest BCUT2D eigenvalue weighted by molar-refractivity contribution is -0.148. The highest BCUT2D eigenvalue weighted by Gasteiger charge is 2.41. The van der Waals surface area contributed by atoms with Gasteiger partial charge >= 0.3 is 6.18 Å². The number of amides is 1. The van der Waals surface area contributed by atoms with Gasteiger partial charge in [0.15, 0.2) is 15.5 Å². The number of thiazole rings is 1. The molecule has 1 aromatic carbocycles. The van der Waals surface area contributed by atoms with Crippen LogP contribution in [0, 0.1) is 0 Å². The van der Waals surface area contributed by atoms with E-state index >= 15 is 0 Å². The number of rotatable bonds is 5.